The van der Waals surface area contributed by atoms with E-state index in [1.165, 1.54) is 0 Å². The van der Waals surface area contributed by atoms with Crippen LogP contribution in [0.3, 0.4) is 0 Å². The number of hydrogen-bond acceptors (Lipinski definition) is 5. The Morgan fingerprint density at radius 3 is 2.65 bits per heavy atom. The van der Waals surface area contributed by atoms with Crippen molar-refractivity contribution in [3.63, 3.8) is 0 Å². The van der Waals surface area contributed by atoms with E-state index in [1.54, 1.807) is 6.92 Å². The molecule has 1 fully saturated rings. The maximum absolute atomic E-state index is 11.5. The molecule has 0 bridgehead atoms. The average Bonchev–Trinajstić information content (AvgIpc) is 2.35. The number of carbonyl (C=O) groups excluding carboxylic acids is 2. The van der Waals surface area contributed by atoms with Gasteiger partial charge in [0.05, 0.1) is 19.1 Å². The minimum Gasteiger partial charge on any atom is -0.378 e. The third kappa shape index (κ3) is 3.15. The molecule has 5 N–H and O–H groups in total. The normalized spacial score (nSPS) is 25.0. The highest BCUT2D eigenvalue weighted by Gasteiger charge is 2.35. The number of nitrogens with one attached hydrogen (secondary N) is 1. The Bertz CT molecular complexity index is 297. The van der Waals surface area contributed by atoms with E-state index < -0.39 is 11.9 Å². The zero-order chi connectivity index (χ0) is 13.0. The van der Waals surface area contributed by atoms with Gasteiger partial charge < -0.3 is 10.5 Å². The topological polar surface area (TPSA) is 111 Å². The number of nitrogens with zero attached hydrogens (tertiary/aromatic N) is 1. The van der Waals surface area contributed by atoms with Gasteiger partial charge >= 0.3 is 0 Å². The molecule has 0 aromatic carbocycles. The van der Waals surface area contributed by atoms with Crippen molar-refractivity contribution in [1.82, 2.24) is 10.3 Å². The second kappa shape index (κ2) is 5.95. The van der Waals surface area contributed by atoms with Crippen molar-refractivity contribution in [3.8, 4) is 0 Å². The van der Waals surface area contributed by atoms with E-state index in [-0.39, 0.29) is 24.5 Å². The van der Waals surface area contributed by atoms with E-state index in [4.69, 9.17) is 16.3 Å². The lowest BCUT2D eigenvalue weighted by Gasteiger charge is -2.39. The summed E-state index contributed by atoms with van der Waals surface area (Å²) in [7, 11) is 0. The van der Waals surface area contributed by atoms with Gasteiger partial charge in [0.1, 0.15) is 6.04 Å². The second-order valence-electron chi connectivity index (χ2n) is 4.27. The van der Waals surface area contributed by atoms with Crippen LogP contribution in [0.1, 0.15) is 13.8 Å². The van der Waals surface area contributed by atoms with Gasteiger partial charge in [0, 0.05) is 12.6 Å². The third-order valence-electron chi connectivity index (χ3n) is 3.30. The number of primary amides is 1. The highest BCUT2D eigenvalue weighted by molar-refractivity contribution is 5.81. The summed E-state index contributed by atoms with van der Waals surface area (Å²) in [6.07, 6.45) is 0. The number of ether oxygens (including phenoxy) is 1. The van der Waals surface area contributed by atoms with Gasteiger partial charge in [-0.1, -0.05) is 6.92 Å². The van der Waals surface area contributed by atoms with E-state index in [0.717, 1.165) is 0 Å². The first kappa shape index (κ1) is 13.9. The standard InChI is InChI=1S/C10H20N4O3/c1-6(10(16)13-12)7(2)14-3-4-17-5-8(14)9(11)15/h6-8H,3-5,12H2,1-2H3,(H2,11,15)(H,13,16). The molecule has 1 aliphatic heterocycles. The fraction of sp³-hybridized carbons (Fsp3) is 0.800. The predicted molar refractivity (Wildman–Crippen MR) is 61.5 cm³/mol. The van der Waals surface area contributed by atoms with Gasteiger partial charge in [0.2, 0.25) is 11.8 Å². The summed E-state index contributed by atoms with van der Waals surface area (Å²) in [6.45, 7) is 5.03. The number of rotatable bonds is 4. The zero-order valence-corrected chi connectivity index (χ0v) is 10.2. The van der Waals surface area contributed by atoms with Crippen molar-refractivity contribution in [2.24, 2.45) is 17.5 Å². The number of nitrogens with two attached hydrogens (primary N) is 2. The molecular weight excluding hydrogens is 224 g/mol. The summed E-state index contributed by atoms with van der Waals surface area (Å²) >= 11 is 0. The lowest BCUT2D eigenvalue weighted by atomic mass is 9.99. The molecule has 1 rings (SSSR count). The highest BCUT2D eigenvalue weighted by Crippen LogP contribution is 2.17. The molecule has 0 aliphatic carbocycles. The molecule has 1 aliphatic rings. The third-order valence-corrected chi connectivity index (χ3v) is 3.30. The molecule has 0 radical (unpaired) electrons. The summed E-state index contributed by atoms with van der Waals surface area (Å²) in [5.41, 5.74) is 7.43. The van der Waals surface area contributed by atoms with Crippen LogP contribution >= 0.6 is 0 Å². The van der Waals surface area contributed by atoms with Gasteiger partial charge in [-0.15, -0.1) is 0 Å². The lowest BCUT2D eigenvalue weighted by Crippen LogP contribution is -2.58. The van der Waals surface area contributed by atoms with Crippen LogP contribution in [0.2, 0.25) is 0 Å². The fourth-order valence-electron chi connectivity index (χ4n) is 1.99. The van der Waals surface area contributed by atoms with Crippen LogP contribution in [-0.2, 0) is 14.3 Å². The number of morpholine rings is 1. The molecule has 17 heavy (non-hydrogen) atoms. The van der Waals surface area contributed by atoms with Crippen LogP contribution < -0.4 is 17.0 Å². The minimum absolute atomic E-state index is 0.125. The molecule has 1 heterocycles. The summed E-state index contributed by atoms with van der Waals surface area (Å²) in [5.74, 6) is 4.09. The predicted octanol–water partition coefficient (Wildman–Crippen LogP) is -1.81. The van der Waals surface area contributed by atoms with E-state index in [9.17, 15) is 9.59 Å². The number of hydrazine groups is 1. The van der Waals surface area contributed by atoms with Crippen LogP contribution in [0.5, 0.6) is 0 Å². The summed E-state index contributed by atoms with van der Waals surface area (Å²) in [4.78, 5) is 24.7. The molecule has 1 saturated heterocycles. The molecule has 98 valence electrons. The van der Waals surface area contributed by atoms with E-state index in [0.29, 0.717) is 13.2 Å². The average molecular weight is 244 g/mol. The van der Waals surface area contributed by atoms with Gasteiger partial charge in [0.25, 0.3) is 0 Å². The molecule has 0 aromatic heterocycles. The molecule has 7 nitrogen and oxygen atoms in total. The van der Waals surface area contributed by atoms with Crippen LogP contribution in [0.15, 0.2) is 0 Å². The number of carbonyl (C=O) groups is 2. The van der Waals surface area contributed by atoms with Crippen molar-refractivity contribution in [2.45, 2.75) is 25.9 Å². The van der Waals surface area contributed by atoms with Crippen LogP contribution in [-0.4, -0.2) is 48.6 Å². The maximum atomic E-state index is 11.5. The smallest absolute Gasteiger partial charge is 0.238 e. The molecule has 0 saturated carbocycles. The Hall–Kier alpha value is -1.18. The van der Waals surface area contributed by atoms with Gasteiger partial charge in [-0.2, -0.15) is 0 Å². The van der Waals surface area contributed by atoms with Crippen molar-refractivity contribution in [1.29, 1.82) is 0 Å². The van der Waals surface area contributed by atoms with Crippen LogP contribution in [0.25, 0.3) is 0 Å². The molecule has 3 atom stereocenters. The molecule has 3 unspecified atom stereocenters. The number of hydrogen-bond donors (Lipinski definition) is 3. The van der Waals surface area contributed by atoms with Gasteiger partial charge in [-0.3, -0.25) is 19.9 Å². The molecule has 2 amide bonds. The first-order valence-corrected chi connectivity index (χ1v) is 5.62. The zero-order valence-electron chi connectivity index (χ0n) is 10.2. The van der Waals surface area contributed by atoms with Gasteiger partial charge in [0.15, 0.2) is 0 Å². The largest absolute Gasteiger partial charge is 0.378 e. The quantitative estimate of drug-likeness (QED) is 0.306. The van der Waals surface area contributed by atoms with E-state index >= 15 is 0 Å². The van der Waals surface area contributed by atoms with Crippen LogP contribution in [0, 0.1) is 5.92 Å². The Labute approximate surface area is 100 Å². The minimum atomic E-state index is -0.480. The summed E-state index contributed by atoms with van der Waals surface area (Å²) in [6, 6.07) is -0.605. The fourth-order valence-corrected chi connectivity index (χ4v) is 1.99. The first-order valence-electron chi connectivity index (χ1n) is 5.62. The first-order chi connectivity index (χ1) is 7.99. The van der Waals surface area contributed by atoms with E-state index in [2.05, 4.69) is 5.43 Å². The molecule has 0 spiro atoms. The van der Waals surface area contributed by atoms with Crippen molar-refractivity contribution < 1.29 is 14.3 Å². The Kier molecular flexibility index (Phi) is 4.86. The Morgan fingerprint density at radius 1 is 1.47 bits per heavy atom. The van der Waals surface area contributed by atoms with Crippen LogP contribution in [0.4, 0.5) is 0 Å². The monoisotopic (exact) mass is 244 g/mol. The van der Waals surface area contributed by atoms with Gasteiger partial charge in [-0.25, -0.2) is 5.84 Å². The number of amides is 2. The maximum Gasteiger partial charge on any atom is 0.238 e. The van der Waals surface area contributed by atoms with Crippen molar-refractivity contribution in [3.05, 3.63) is 0 Å². The lowest BCUT2D eigenvalue weighted by molar-refractivity contribution is -0.136. The summed E-state index contributed by atoms with van der Waals surface area (Å²) in [5, 5.41) is 0. The molecular formula is C10H20N4O3. The molecule has 7 heteroatoms. The summed E-state index contributed by atoms with van der Waals surface area (Å²) < 4.78 is 5.22. The Morgan fingerprint density at radius 2 is 2.12 bits per heavy atom. The van der Waals surface area contributed by atoms with Crippen molar-refractivity contribution >= 4 is 11.8 Å². The molecule has 0 aromatic rings. The Balaban J connectivity index is 2.74. The second-order valence-corrected chi connectivity index (χ2v) is 4.27. The SMILES string of the molecule is CC(C(=O)NN)C(C)N1CCOCC1C(N)=O. The van der Waals surface area contributed by atoms with Crippen molar-refractivity contribution in [2.75, 3.05) is 19.8 Å². The highest BCUT2D eigenvalue weighted by atomic mass is 16.5. The van der Waals surface area contributed by atoms with Gasteiger partial charge in [-0.05, 0) is 6.92 Å². The van der Waals surface area contributed by atoms with E-state index in [1.807, 2.05) is 11.8 Å².